The molecule has 3 aromatic rings. The van der Waals surface area contributed by atoms with Crippen molar-refractivity contribution >= 4 is 35.0 Å². The van der Waals surface area contributed by atoms with Gasteiger partial charge in [0.05, 0.1) is 11.9 Å². The molecule has 286 valence electrons. The highest BCUT2D eigenvalue weighted by Crippen LogP contribution is 2.41. The molecule has 3 amide bonds. The summed E-state index contributed by atoms with van der Waals surface area (Å²) in [5, 5.41) is 12.1. The highest BCUT2D eigenvalue weighted by atomic mass is 19.1. The molecule has 2 saturated carbocycles. The number of benzene rings is 2. The lowest BCUT2D eigenvalue weighted by molar-refractivity contribution is -0.133. The van der Waals surface area contributed by atoms with Gasteiger partial charge < -0.3 is 25.8 Å². The van der Waals surface area contributed by atoms with Gasteiger partial charge in [0.2, 0.25) is 23.7 Å². The summed E-state index contributed by atoms with van der Waals surface area (Å²) in [6.07, 6.45) is 11.3. The highest BCUT2D eigenvalue weighted by Gasteiger charge is 2.33. The van der Waals surface area contributed by atoms with E-state index in [1.807, 2.05) is 18.2 Å². The molecule has 0 spiro atoms. The average molecular weight is 741 g/mol. The normalized spacial score (nSPS) is 24.6. The monoisotopic (exact) mass is 740 g/mol. The Kier molecular flexibility index (Phi) is 10.8. The quantitative estimate of drug-likeness (QED) is 0.193. The third-order valence-electron chi connectivity index (χ3n) is 12.1. The first kappa shape index (κ1) is 36.3. The van der Waals surface area contributed by atoms with Crippen LogP contribution in [0.15, 0.2) is 48.7 Å². The van der Waals surface area contributed by atoms with Gasteiger partial charge >= 0.3 is 0 Å². The van der Waals surface area contributed by atoms with Gasteiger partial charge in [-0.1, -0.05) is 18.2 Å². The summed E-state index contributed by atoms with van der Waals surface area (Å²) < 4.78 is 30.0. The second kappa shape index (κ2) is 16.0. The summed E-state index contributed by atoms with van der Waals surface area (Å²) in [5.41, 5.74) is 3.43. The number of carbonyl (C=O) groups excluding carboxylic acids is 3. The second-order valence-electron chi connectivity index (χ2n) is 15.8. The summed E-state index contributed by atoms with van der Waals surface area (Å²) in [5.74, 6) is -0.215. The van der Waals surface area contributed by atoms with Gasteiger partial charge in [-0.05, 0) is 119 Å². The van der Waals surface area contributed by atoms with Crippen molar-refractivity contribution in [3.05, 3.63) is 65.9 Å². The molecule has 2 aliphatic carbocycles. The average Bonchev–Trinajstić information content (AvgIpc) is 4.04. The fourth-order valence-corrected chi connectivity index (χ4v) is 8.76. The zero-order valence-corrected chi connectivity index (χ0v) is 30.7. The number of piperidine rings is 3. The molecule has 2 aromatic carbocycles. The molecule has 1 atom stereocenters. The molecule has 13 heteroatoms. The Balaban J connectivity index is 0.748. The van der Waals surface area contributed by atoms with Gasteiger partial charge in [-0.2, -0.15) is 0 Å². The van der Waals surface area contributed by atoms with E-state index in [-0.39, 0.29) is 48.0 Å². The number of carbonyl (C=O) groups is 3. The lowest BCUT2D eigenvalue weighted by Crippen LogP contribution is -2.50. The molecule has 1 unspecified atom stereocenters. The number of likely N-dealkylation sites (tertiary alicyclic amines) is 1. The van der Waals surface area contributed by atoms with Crippen LogP contribution in [0.2, 0.25) is 0 Å². The van der Waals surface area contributed by atoms with Crippen molar-refractivity contribution in [2.75, 3.05) is 41.7 Å². The number of imide groups is 1. The van der Waals surface area contributed by atoms with Crippen LogP contribution in [0.5, 0.6) is 0 Å². The molecule has 3 aliphatic heterocycles. The largest absolute Gasteiger partial charge is 0.374 e. The standard InChI is InChI=1S/C41H50F2N8O3/c42-33-23-31(45-35-11-13-37(52)48-40(35)54)10-12-36(33)51-20-16-32(17-21-51)50-18-14-26(15-19-50)39(53)46-29-6-8-30(9-7-29)47-41-44-24-34(43)38(49-41)28-3-1-2-27(22-28)25-4-5-25/h1-3,10,12,22-26,29-30,32,35,45H,4-9,11,13-21H2,(H,46,53)(H,44,47,49)(H,48,52,54)/t29-,30-,35?. The summed E-state index contributed by atoms with van der Waals surface area (Å²) in [6.45, 7) is 3.28. The number of rotatable bonds is 10. The summed E-state index contributed by atoms with van der Waals surface area (Å²) in [6, 6.07) is 13.2. The molecule has 0 radical (unpaired) electrons. The van der Waals surface area contributed by atoms with E-state index >= 15 is 4.39 Å². The molecule has 5 fully saturated rings. The third kappa shape index (κ3) is 8.51. The zero-order valence-electron chi connectivity index (χ0n) is 30.7. The predicted octanol–water partition coefficient (Wildman–Crippen LogP) is 5.74. The molecule has 4 N–H and O–H groups in total. The topological polar surface area (TPSA) is 132 Å². The predicted molar refractivity (Wildman–Crippen MR) is 203 cm³/mol. The second-order valence-corrected chi connectivity index (χ2v) is 15.8. The SMILES string of the molecule is O=C1CCC(Nc2ccc(N3CCC(N4CCC(C(=O)N[C@H]5CC[C@H](Nc6ncc(F)c(-c7cccc(C8CC8)c7)n6)CC5)CC4)CC3)c(F)c2)C(=O)N1. The van der Waals surface area contributed by atoms with Crippen LogP contribution in [0, 0.1) is 17.6 Å². The first-order chi connectivity index (χ1) is 26.3. The van der Waals surface area contributed by atoms with Crippen LogP contribution < -0.4 is 26.2 Å². The molecule has 1 aromatic heterocycles. The number of halogens is 2. The molecular formula is C41H50F2N8O3. The molecule has 54 heavy (non-hydrogen) atoms. The van der Waals surface area contributed by atoms with Crippen LogP contribution in [-0.4, -0.2) is 82.9 Å². The van der Waals surface area contributed by atoms with E-state index < -0.39 is 11.9 Å². The molecule has 5 aliphatic rings. The van der Waals surface area contributed by atoms with Crippen molar-refractivity contribution in [3.63, 3.8) is 0 Å². The Labute approximate surface area is 315 Å². The van der Waals surface area contributed by atoms with Crippen molar-refractivity contribution in [2.24, 2.45) is 5.92 Å². The zero-order chi connectivity index (χ0) is 37.2. The molecule has 8 rings (SSSR count). The van der Waals surface area contributed by atoms with Gasteiger partial charge in [-0.15, -0.1) is 0 Å². The third-order valence-corrected chi connectivity index (χ3v) is 12.1. The number of hydrogen-bond acceptors (Lipinski definition) is 9. The fourth-order valence-electron chi connectivity index (χ4n) is 8.76. The van der Waals surface area contributed by atoms with Crippen LogP contribution in [0.3, 0.4) is 0 Å². The van der Waals surface area contributed by atoms with Gasteiger partial charge in [0.15, 0.2) is 5.82 Å². The van der Waals surface area contributed by atoms with Crippen LogP contribution in [0.1, 0.15) is 88.5 Å². The molecule has 3 saturated heterocycles. The van der Waals surface area contributed by atoms with Gasteiger partial charge in [-0.3, -0.25) is 19.7 Å². The minimum atomic E-state index is -0.553. The number of anilines is 3. The van der Waals surface area contributed by atoms with Crippen molar-refractivity contribution in [2.45, 2.75) is 107 Å². The van der Waals surface area contributed by atoms with Crippen molar-refractivity contribution in [1.29, 1.82) is 0 Å². The smallest absolute Gasteiger partial charge is 0.249 e. The number of nitrogens with one attached hydrogen (secondary N) is 4. The number of amides is 3. The Hall–Kier alpha value is -4.65. The van der Waals surface area contributed by atoms with Gasteiger partial charge in [0.1, 0.15) is 17.6 Å². The Morgan fingerprint density at radius 1 is 0.796 bits per heavy atom. The molecular weight excluding hydrogens is 690 g/mol. The van der Waals surface area contributed by atoms with Crippen LogP contribution >= 0.6 is 0 Å². The maximum Gasteiger partial charge on any atom is 0.249 e. The lowest BCUT2D eigenvalue weighted by Gasteiger charge is -2.42. The number of aromatic nitrogens is 2. The fraction of sp³-hybridized carbons (Fsp3) is 0.537. The van der Waals surface area contributed by atoms with E-state index in [1.54, 1.807) is 12.1 Å². The maximum atomic E-state index is 15.2. The Morgan fingerprint density at radius 3 is 2.28 bits per heavy atom. The van der Waals surface area contributed by atoms with E-state index in [1.165, 1.54) is 30.7 Å². The maximum absolute atomic E-state index is 15.2. The van der Waals surface area contributed by atoms with Crippen molar-refractivity contribution in [3.8, 4) is 11.3 Å². The Bertz CT molecular complexity index is 1850. The van der Waals surface area contributed by atoms with E-state index in [4.69, 9.17) is 0 Å². The minimum absolute atomic E-state index is 0.0167. The van der Waals surface area contributed by atoms with Crippen molar-refractivity contribution in [1.82, 2.24) is 25.5 Å². The first-order valence-electron chi connectivity index (χ1n) is 19.8. The first-order valence-corrected chi connectivity index (χ1v) is 19.8. The van der Waals surface area contributed by atoms with Gasteiger partial charge in [0.25, 0.3) is 0 Å². The van der Waals surface area contributed by atoms with E-state index in [0.717, 1.165) is 83.1 Å². The van der Waals surface area contributed by atoms with Crippen molar-refractivity contribution < 1.29 is 23.2 Å². The van der Waals surface area contributed by atoms with Crippen LogP contribution in [-0.2, 0) is 14.4 Å². The van der Waals surface area contributed by atoms with Crippen LogP contribution in [0.25, 0.3) is 11.3 Å². The highest BCUT2D eigenvalue weighted by molar-refractivity contribution is 6.01. The van der Waals surface area contributed by atoms with Gasteiger partial charge in [0, 0.05) is 54.8 Å². The van der Waals surface area contributed by atoms with E-state index in [0.29, 0.717) is 41.4 Å². The summed E-state index contributed by atoms with van der Waals surface area (Å²) in [7, 11) is 0. The van der Waals surface area contributed by atoms with Crippen LogP contribution in [0.4, 0.5) is 26.1 Å². The number of nitrogens with zero attached hydrogens (tertiary/aromatic N) is 4. The molecule has 0 bridgehead atoms. The number of hydrogen-bond donors (Lipinski definition) is 4. The van der Waals surface area contributed by atoms with E-state index in [2.05, 4.69) is 47.1 Å². The summed E-state index contributed by atoms with van der Waals surface area (Å²) >= 11 is 0. The van der Waals surface area contributed by atoms with Gasteiger partial charge in [-0.25, -0.2) is 18.7 Å². The Morgan fingerprint density at radius 2 is 1.56 bits per heavy atom. The molecule has 11 nitrogen and oxygen atoms in total. The summed E-state index contributed by atoms with van der Waals surface area (Å²) in [4.78, 5) is 50.2. The molecule has 4 heterocycles. The van der Waals surface area contributed by atoms with E-state index in [9.17, 15) is 18.8 Å². The minimum Gasteiger partial charge on any atom is -0.374 e. The lowest BCUT2D eigenvalue weighted by atomic mass is 9.89.